The van der Waals surface area contributed by atoms with E-state index in [-0.39, 0.29) is 25.0 Å². The minimum absolute atomic E-state index is 0.133. The number of hydrogen-bond acceptors (Lipinski definition) is 13. The molecule has 0 radical (unpaired) electrons. The van der Waals surface area contributed by atoms with Crippen LogP contribution in [0.1, 0.15) is 123 Å². The average Bonchev–Trinajstić information content (AvgIpc) is 3.17. The highest BCUT2D eigenvalue weighted by atomic mass is 16.6. The van der Waals surface area contributed by atoms with E-state index >= 15 is 0 Å². The molecule has 0 atom stereocenters. The van der Waals surface area contributed by atoms with Crippen molar-refractivity contribution in [2.24, 2.45) is 0 Å². The van der Waals surface area contributed by atoms with Gasteiger partial charge in [0.2, 0.25) is 0 Å². The Balaban J connectivity index is 3.14. The van der Waals surface area contributed by atoms with Gasteiger partial charge < -0.3 is 52.1 Å². The van der Waals surface area contributed by atoms with Crippen LogP contribution in [-0.4, -0.2) is 144 Å². The fraction of sp³-hybridized carbons (Fsp3) is 0.951. The molecule has 0 aliphatic heterocycles. The van der Waals surface area contributed by atoms with Crippen LogP contribution >= 0.6 is 0 Å². The Kier molecular flexibility index (Phi) is 46.5. The van der Waals surface area contributed by atoms with E-state index in [9.17, 15) is 9.59 Å². The van der Waals surface area contributed by atoms with E-state index in [1.54, 1.807) is 6.92 Å². The van der Waals surface area contributed by atoms with Crippen LogP contribution < -0.4 is 0 Å². The first-order chi connectivity index (χ1) is 26.7. The lowest BCUT2D eigenvalue weighted by Crippen LogP contribution is -2.15. The Morgan fingerprint density at radius 1 is 0.278 bits per heavy atom. The second-order valence-electron chi connectivity index (χ2n) is 13.0. The van der Waals surface area contributed by atoms with Gasteiger partial charge in [-0.25, -0.2) is 0 Å². The van der Waals surface area contributed by atoms with E-state index in [1.165, 1.54) is 83.5 Å². The van der Waals surface area contributed by atoms with E-state index in [1.807, 2.05) is 0 Å². The summed E-state index contributed by atoms with van der Waals surface area (Å²) < 4.78 is 59.1. The lowest BCUT2D eigenvalue weighted by atomic mass is 10.0. The second-order valence-corrected chi connectivity index (χ2v) is 13.0. The van der Waals surface area contributed by atoms with Gasteiger partial charge in [-0.15, -0.1) is 0 Å². The third kappa shape index (κ3) is 46.7. The molecule has 0 bridgehead atoms. The number of rotatable bonds is 47. The van der Waals surface area contributed by atoms with Crippen molar-refractivity contribution in [1.29, 1.82) is 0 Å². The number of esters is 2. The highest BCUT2D eigenvalue weighted by molar-refractivity contribution is 5.69. The smallest absolute Gasteiger partial charge is 0.308 e. The van der Waals surface area contributed by atoms with Crippen LogP contribution in [0.3, 0.4) is 0 Å². The summed E-state index contributed by atoms with van der Waals surface area (Å²) >= 11 is 0. The normalized spacial score (nSPS) is 11.4. The summed E-state index contributed by atoms with van der Waals surface area (Å²) in [6, 6.07) is 0. The van der Waals surface area contributed by atoms with Crippen molar-refractivity contribution in [3.8, 4) is 0 Å². The molecule has 0 saturated carbocycles. The summed E-state index contributed by atoms with van der Waals surface area (Å²) in [6.07, 6.45) is 20.4. The molecular formula is C41H80O13. The Morgan fingerprint density at radius 3 is 0.852 bits per heavy atom. The summed E-state index contributed by atoms with van der Waals surface area (Å²) in [5.41, 5.74) is 0. The summed E-state index contributed by atoms with van der Waals surface area (Å²) in [7, 11) is 0. The first-order valence-corrected chi connectivity index (χ1v) is 21.2. The SMILES string of the molecule is CCCCCCCCCCCCCCCCCC(=O)OCCOCCOCCOCCOCCOCCOCCOCCOCCOCCC(=O)OCC. The monoisotopic (exact) mass is 781 g/mol. The Labute approximate surface area is 328 Å². The van der Waals surface area contributed by atoms with Crippen LogP contribution in [0, 0.1) is 0 Å². The fourth-order valence-corrected chi connectivity index (χ4v) is 5.18. The van der Waals surface area contributed by atoms with E-state index in [4.69, 9.17) is 52.1 Å². The number of ether oxygens (including phenoxy) is 11. The molecule has 0 unspecified atom stereocenters. The highest BCUT2D eigenvalue weighted by Gasteiger charge is 2.04. The maximum Gasteiger partial charge on any atom is 0.308 e. The molecule has 0 heterocycles. The predicted molar refractivity (Wildman–Crippen MR) is 209 cm³/mol. The molecule has 0 rings (SSSR count). The van der Waals surface area contributed by atoms with Gasteiger partial charge in [-0.1, -0.05) is 96.8 Å². The number of carbonyl (C=O) groups is 2. The largest absolute Gasteiger partial charge is 0.466 e. The minimum Gasteiger partial charge on any atom is -0.466 e. The molecule has 0 saturated heterocycles. The lowest BCUT2D eigenvalue weighted by molar-refractivity contribution is -0.146. The predicted octanol–water partition coefficient (Wildman–Crippen LogP) is 6.89. The molecule has 0 aliphatic rings. The van der Waals surface area contributed by atoms with Crippen molar-refractivity contribution in [3.63, 3.8) is 0 Å². The van der Waals surface area contributed by atoms with Gasteiger partial charge in [-0.2, -0.15) is 0 Å². The number of unbranched alkanes of at least 4 members (excludes halogenated alkanes) is 14. The van der Waals surface area contributed by atoms with Crippen LogP contribution in [0.5, 0.6) is 0 Å². The number of hydrogen-bond donors (Lipinski definition) is 0. The van der Waals surface area contributed by atoms with Crippen LogP contribution in [0.2, 0.25) is 0 Å². The van der Waals surface area contributed by atoms with E-state index in [0.717, 1.165) is 12.8 Å². The maximum atomic E-state index is 11.9. The van der Waals surface area contributed by atoms with Gasteiger partial charge in [0.25, 0.3) is 0 Å². The Bertz CT molecular complexity index is 744. The van der Waals surface area contributed by atoms with Crippen molar-refractivity contribution >= 4 is 11.9 Å². The molecule has 0 aromatic rings. The van der Waals surface area contributed by atoms with Crippen molar-refractivity contribution in [3.05, 3.63) is 0 Å². The molecule has 0 amide bonds. The summed E-state index contributed by atoms with van der Waals surface area (Å²) in [4.78, 5) is 23.1. The van der Waals surface area contributed by atoms with Crippen LogP contribution in [0.4, 0.5) is 0 Å². The minimum atomic E-state index is -0.251. The molecule has 322 valence electrons. The van der Waals surface area contributed by atoms with Crippen molar-refractivity contribution in [2.75, 3.05) is 132 Å². The first kappa shape index (κ1) is 52.6. The van der Waals surface area contributed by atoms with Crippen LogP contribution in [0.25, 0.3) is 0 Å². The summed E-state index contributed by atoms with van der Waals surface area (Å²) in [6.45, 7) is 13.1. The van der Waals surface area contributed by atoms with Gasteiger partial charge in [-0.3, -0.25) is 9.59 Å². The molecule has 0 fully saturated rings. The van der Waals surface area contributed by atoms with E-state index < -0.39 is 0 Å². The molecule has 13 nitrogen and oxygen atoms in total. The Hall–Kier alpha value is -1.42. The first-order valence-electron chi connectivity index (χ1n) is 21.2. The Morgan fingerprint density at radius 2 is 0.537 bits per heavy atom. The van der Waals surface area contributed by atoms with Gasteiger partial charge in [0.05, 0.1) is 132 Å². The molecule has 13 heteroatoms. The zero-order valence-electron chi connectivity index (χ0n) is 34.5. The molecular weight excluding hydrogens is 700 g/mol. The van der Waals surface area contributed by atoms with Gasteiger partial charge in [-0.05, 0) is 13.3 Å². The quantitative estimate of drug-likeness (QED) is 0.0469. The maximum absolute atomic E-state index is 11.9. The summed E-state index contributed by atoms with van der Waals surface area (Å²) in [5.74, 6) is -0.385. The standard InChI is InChI=1S/C41H80O13/c1-3-5-6-7-8-9-10-11-12-13-14-15-16-17-18-19-40(42)54-39-38-52-37-36-51-35-34-50-33-32-49-31-30-48-29-28-47-27-26-46-25-24-45-23-22-44-21-20-41(43)53-4-2/h3-39H2,1-2H3. The van der Waals surface area contributed by atoms with Gasteiger partial charge in [0, 0.05) is 6.42 Å². The third-order valence-corrected chi connectivity index (χ3v) is 8.21. The topological polar surface area (TPSA) is 136 Å². The molecule has 0 aromatic heterocycles. The van der Waals surface area contributed by atoms with Crippen molar-refractivity contribution < 1.29 is 61.7 Å². The van der Waals surface area contributed by atoms with Crippen molar-refractivity contribution in [1.82, 2.24) is 0 Å². The number of carbonyl (C=O) groups excluding carboxylic acids is 2. The summed E-state index contributed by atoms with van der Waals surface area (Å²) in [5, 5.41) is 0. The molecule has 0 spiro atoms. The third-order valence-electron chi connectivity index (χ3n) is 8.21. The lowest BCUT2D eigenvalue weighted by Gasteiger charge is -2.09. The average molecular weight is 781 g/mol. The molecule has 0 aliphatic carbocycles. The fourth-order valence-electron chi connectivity index (χ4n) is 5.18. The van der Waals surface area contributed by atoms with Crippen LogP contribution in [-0.2, 0) is 61.7 Å². The van der Waals surface area contributed by atoms with E-state index in [0.29, 0.717) is 132 Å². The second kappa shape index (κ2) is 47.7. The van der Waals surface area contributed by atoms with Crippen LogP contribution in [0.15, 0.2) is 0 Å². The van der Waals surface area contributed by atoms with Gasteiger partial charge in [0.15, 0.2) is 0 Å². The highest BCUT2D eigenvalue weighted by Crippen LogP contribution is 2.14. The zero-order chi connectivity index (χ0) is 39.1. The van der Waals surface area contributed by atoms with Gasteiger partial charge in [0.1, 0.15) is 6.61 Å². The molecule has 0 N–H and O–H groups in total. The van der Waals surface area contributed by atoms with E-state index in [2.05, 4.69) is 6.92 Å². The molecule has 54 heavy (non-hydrogen) atoms. The van der Waals surface area contributed by atoms with Gasteiger partial charge >= 0.3 is 11.9 Å². The zero-order valence-corrected chi connectivity index (χ0v) is 34.5. The molecule has 0 aromatic carbocycles. The van der Waals surface area contributed by atoms with Crippen molar-refractivity contribution in [2.45, 2.75) is 123 Å².